The molecule has 2 N–H and O–H groups in total. The van der Waals surface area contributed by atoms with E-state index in [2.05, 4.69) is 20.6 Å². The molecular formula is C23H21ClN4O3. The SMILES string of the molecule is CCOC(=O)c1ccc(NC(=NCc2ccccn2)NC(=O)c2ccc(Cl)cc2)cc1. The number of aromatic nitrogens is 1. The normalized spacial score (nSPS) is 11.0. The molecule has 0 atom stereocenters. The lowest BCUT2D eigenvalue weighted by atomic mass is 10.2. The predicted octanol–water partition coefficient (Wildman–Crippen LogP) is 4.31. The lowest BCUT2D eigenvalue weighted by Crippen LogP contribution is -2.36. The summed E-state index contributed by atoms with van der Waals surface area (Å²) in [4.78, 5) is 33.1. The summed E-state index contributed by atoms with van der Waals surface area (Å²) < 4.78 is 4.99. The van der Waals surface area contributed by atoms with Gasteiger partial charge in [0.25, 0.3) is 5.91 Å². The van der Waals surface area contributed by atoms with Crippen molar-refractivity contribution < 1.29 is 14.3 Å². The highest BCUT2D eigenvalue weighted by atomic mass is 35.5. The number of rotatable bonds is 6. The van der Waals surface area contributed by atoms with E-state index in [1.165, 1.54) is 0 Å². The molecule has 1 aromatic heterocycles. The number of pyridine rings is 1. The molecule has 0 aliphatic carbocycles. The second-order valence-corrected chi connectivity index (χ2v) is 6.81. The maximum atomic E-state index is 12.6. The Hall–Kier alpha value is -3.71. The molecule has 0 aliphatic heterocycles. The first kappa shape index (κ1) is 22.0. The molecule has 1 heterocycles. The molecular weight excluding hydrogens is 416 g/mol. The van der Waals surface area contributed by atoms with Crippen LogP contribution >= 0.6 is 11.6 Å². The van der Waals surface area contributed by atoms with Gasteiger partial charge in [-0.05, 0) is 67.6 Å². The second kappa shape index (κ2) is 10.9. The first-order valence-corrected chi connectivity index (χ1v) is 9.98. The number of guanidine groups is 1. The molecule has 2 aromatic carbocycles. The van der Waals surface area contributed by atoms with Crippen molar-refractivity contribution in [3.05, 3.63) is 94.8 Å². The third kappa shape index (κ3) is 6.65. The zero-order chi connectivity index (χ0) is 22.1. The van der Waals surface area contributed by atoms with Crippen LogP contribution < -0.4 is 10.6 Å². The smallest absolute Gasteiger partial charge is 0.338 e. The van der Waals surface area contributed by atoms with E-state index in [-0.39, 0.29) is 18.4 Å². The number of ether oxygens (including phenoxy) is 1. The van der Waals surface area contributed by atoms with Crippen molar-refractivity contribution in [2.45, 2.75) is 13.5 Å². The van der Waals surface area contributed by atoms with Gasteiger partial charge in [-0.25, -0.2) is 9.79 Å². The first-order chi connectivity index (χ1) is 15.0. The molecule has 0 spiro atoms. The van der Waals surface area contributed by atoms with Crippen molar-refractivity contribution in [2.75, 3.05) is 11.9 Å². The number of benzene rings is 2. The van der Waals surface area contributed by atoms with Crippen molar-refractivity contribution in [3.63, 3.8) is 0 Å². The third-order valence-corrected chi connectivity index (χ3v) is 4.37. The molecule has 158 valence electrons. The molecule has 1 amide bonds. The summed E-state index contributed by atoms with van der Waals surface area (Å²) in [6.45, 7) is 2.33. The molecule has 0 radical (unpaired) electrons. The van der Waals surface area contributed by atoms with Crippen LogP contribution in [0.15, 0.2) is 77.9 Å². The molecule has 0 saturated heterocycles. The van der Waals surface area contributed by atoms with Crippen molar-refractivity contribution >= 4 is 35.1 Å². The maximum Gasteiger partial charge on any atom is 0.338 e. The van der Waals surface area contributed by atoms with E-state index in [9.17, 15) is 9.59 Å². The number of esters is 1. The van der Waals surface area contributed by atoms with E-state index in [0.29, 0.717) is 28.4 Å². The summed E-state index contributed by atoms with van der Waals surface area (Å²) in [5.41, 5.74) is 2.27. The number of carbonyl (C=O) groups is 2. The zero-order valence-corrected chi connectivity index (χ0v) is 17.6. The number of hydrogen-bond donors (Lipinski definition) is 2. The van der Waals surface area contributed by atoms with Crippen molar-refractivity contribution in [2.24, 2.45) is 4.99 Å². The number of aliphatic imine (C=N–C) groups is 1. The summed E-state index contributed by atoms with van der Waals surface area (Å²) in [5.74, 6) is -0.490. The fraction of sp³-hybridized carbons (Fsp3) is 0.130. The summed E-state index contributed by atoms with van der Waals surface area (Å²) in [6.07, 6.45) is 1.68. The van der Waals surface area contributed by atoms with Crippen LogP contribution in [0.25, 0.3) is 0 Å². The fourth-order valence-corrected chi connectivity index (χ4v) is 2.71. The minimum atomic E-state index is -0.394. The van der Waals surface area contributed by atoms with Crippen molar-refractivity contribution in [3.8, 4) is 0 Å². The van der Waals surface area contributed by atoms with E-state index in [0.717, 1.165) is 5.69 Å². The highest BCUT2D eigenvalue weighted by Gasteiger charge is 2.11. The first-order valence-electron chi connectivity index (χ1n) is 9.60. The Morgan fingerprint density at radius 3 is 2.35 bits per heavy atom. The minimum Gasteiger partial charge on any atom is -0.462 e. The quantitative estimate of drug-likeness (QED) is 0.341. The zero-order valence-electron chi connectivity index (χ0n) is 16.8. The van der Waals surface area contributed by atoms with Crippen LogP contribution in [0, 0.1) is 0 Å². The highest BCUT2D eigenvalue weighted by molar-refractivity contribution is 6.30. The lowest BCUT2D eigenvalue weighted by molar-refractivity contribution is 0.0526. The van der Waals surface area contributed by atoms with Crippen LogP contribution in [0.3, 0.4) is 0 Å². The molecule has 0 saturated carbocycles. The Kier molecular flexibility index (Phi) is 7.73. The Morgan fingerprint density at radius 1 is 1.00 bits per heavy atom. The van der Waals surface area contributed by atoms with Crippen LogP contribution in [0.2, 0.25) is 5.02 Å². The molecule has 0 aliphatic rings. The largest absolute Gasteiger partial charge is 0.462 e. The van der Waals surface area contributed by atoms with Crippen LogP contribution in [-0.4, -0.2) is 29.4 Å². The third-order valence-electron chi connectivity index (χ3n) is 4.12. The molecule has 31 heavy (non-hydrogen) atoms. The Bertz CT molecular complexity index is 1050. The van der Waals surface area contributed by atoms with Gasteiger partial charge < -0.3 is 10.1 Å². The summed E-state index contributed by atoms with van der Waals surface area (Å²) in [7, 11) is 0. The van der Waals surface area contributed by atoms with E-state index in [4.69, 9.17) is 16.3 Å². The Balaban J connectivity index is 1.77. The number of carbonyl (C=O) groups excluding carboxylic acids is 2. The summed E-state index contributed by atoms with van der Waals surface area (Å²) in [6, 6.07) is 18.8. The summed E-state index contributed by atoms with van der Waals surface area (Å²) >= 11 is 5.89. The Labute approximate surface area is 185 Å². The lowest BCUT2D eigenvalue weighted by Gasteiger charge is -2.12. The number of nitrogens with zero attached hydrogens (tertiary/aromatic N) is 2. The van der Waals surface area contributed by atoms with Gasteiger partial charge in [-0.2, -0.15) is 0 Å². The molecule has 0 unspecified atom stereocenters. The monoisotopic (exact) mass is 436 g/mol. The van der Waals surface area contributed by atoms with Gasteiger partial charge in [-0.15, -0.1) is 0 Å². The highest BCUT2D eigenvalue weighted by Crippen LogP contribution is 2.12. The molecule has 0 bridgehead atoms. The van der Waals surface area contributed by atoms with Crippen LogP contribution in [0.1, 0.15) is 33.3 Å². The van der Waals surface area contributed by atoms with E-state index in [1.54, 1.807) is 61.7 Å². The average molecular weight is 437 g/mol. The molecule has 0 fully saturated rings. The standard InChI is InChI=1S/C23H21ClN4O3/c1-2-31-22(30)17-8-12-19(13-9-17)27-23(26-15-20-5-3-4-14-25-20)28-21(29)16-6-10-18(24)11-7-16/h3-14H,2,15H2,1H3,(H2,26,27,28,29). The average Bonchev–Trinajstić information content (AvgIpc) is 2.79. The van der Waals surface area contributed by atoms with E-state index >= 15 is 0 Å². The number of amides is 1. The van der Waals surface area contributed by atoms with Gasteiger partial charge in [-0.3, -0.25) is 15.1 Å². The maximum absolute atomic E-state index is 12.6. The molecule has 7 nitrogen and oxygen atoms in total. The minimum absolute atomic E-state index is 0.245. The van der Waals surface area contributed by atoms with Crippen LogP contribution in [-0.2, 0) is 11.3 Å². The van der Waals surface area contributed by atoms with E-state index in [1.807, 2.05) is 18.2 Å². The van der Waals surface area contributed by atoms with Gasteiger partial charge in [0.05, 0.1) is 24.4 Å². The van der Waals surface area contributed by atoms with Crippen molar-refractivity contribution in [1.82, 2.24) is 10.3 Å². The van der Waals surface area contributed by atoms with Crippen LogP contribution in [0.5, 0.6) is 0 Å². The number of halogens is 1. The second-order valence-electron chi connectivity index (χ2n) is 6.37. The summed E-state index contributed by atoms with van der Waals surface area (Å²) in [5, 5.41) is 6.38. The van der Waals surface area contributed by atoms with E-state index < -0.39 is 5.97 Å². The van der Waals surface area contributed by atoms with Gasteiger partial charge in [-0.1, -0.05) is 17.7 Å². The molecule has 3 aromatic rings. The molecule has 3 rings (SSSR count). The number of hydrogen-bond acceptors (Lipinski definition) is 5. The predicted molar refractivity (Wildman–Crippen MR) is 120 cm³/mol. The fourth-order valence-electron chi connectivity index (χ4n) is 2.58. The van der Waals surface area contributed by atoms with Crippen LogP contribution in [0.4, 0.5) is 5.69 Å². The number of anilines is 1. The van der Waals surface area contributed by atoms with Gasteiger partial charge in [0.1, 0.15) is 0 Å². The topological polar surface area (TPSA) is 92.7 Å². The van der Waals surface area contributed by atoms with Gasteiger partial charge in [0.2, 0.25) is 5.96 Å². The number of nitrogens with one attached hydrogen (secondary N) is 2. The van der Waals surface area contributed by atoms with Crippen molar-refractivity contribution in [1.29, 1.82) is 0 Å². The van der Waals surface area contributed by atoms with Gasteiger partial charge in [0.15, 0.2) is 0 Å². The molecule has 8 heteroatoms. The van der Waals surface area contributed by atoms with Gasteiger partial charge in [0, 0.05) is 22.5 Å². The Morgan fingerprint density at radius 2 is 1.71 bits per heavy atom. The van der Waals surface area contributed by atoms with Gasteiger partial charge >= 0.3 is 5.97 Å².